The lowest BCUT2D eigenvalue weighted by Gasteiger charge is -2.18. The molecule has 2 saturated heterocycles. The molecule has 148 valence electrons. The van der Waals surface area contributed by atoms with E-state index in [-0.39, 0.29) is 24.9 Å². The molecule has 0 aliphatic carbocycles. The highest BCUT2D eigenvalue weighted by Crippen LogP contribution is 2.31. The van der Waals surface area contributed by atoms with Crippen LogP contribution in [0.4, 0.5) is 0 Å². The predicted molar refractivity (Wildman–Crippen MR) is 106 cm³/mol. The minimum absolute atomic E-state index is 0.259. The molecule has 0 saturated carbocycles. The van der Waals surface area contributed by atoms with Crippen LogP contribution in [0.2, 0.25) is 0 Å². The van der Waals surface area contributed by atoms with Crippen LogP contribution in [0.25, 0.3) is 22.2 Å². The van der Waals surface area contributed by atoms with E-state index in [0.29, 0.717) is 29.1 Å². The molecular weight excluding hydrogens is 372 g/mol. The van der Waals surface area contributed by atoms with E-state index in [2.05, 4.69) is 4.98 Å². The molecule has 0 bridgehead atoms. The van der Waals surface area contributed by atoms with Crippen LogP contribution in [0, 0.1) is 0 Å². The average Bonchev–Trinajstić information content (AvgIpc) is 3.31. The highest BCUT2D eigenvalue weighted by Gasteiger charge is 2.48. The summed E-state index contributed by atoms with van der Waals surface area (Å²) in [5.74, 6) is 0.184. The maximum absolute atomic E-state index is 11.9. The van der Waals surface area contributed by atoms with Crippen molar-refractivity contribution < 1.29 is 24.1 Å². The third kappa shape index (κ3) is 3.23. The number of carbonyl (C=O) groups excluding carboxylic acids is 1. The van der Waals surface area contributed by atoms with Crippen molar-refractivity contribution in [3.63, 3.8) is 0 Å². The molecule has 7 nitrogen and oxygen atoms in total. The van der Waals surface area contributed by atoms with Gasteiger partial charge in [-0.25, -0.2) is 4.98 Å². The zero-order valence-corrected chi connectivity index (χ0v) is 15.5. The Kier molecular flexibility index (Phi) is 4.43. The molecule has 3 N–H and O–H groups in total. The molecule has 0 radical (unpaired) electrons. The zero-order chi connectivity index (χ0) is 20.0. The molecule has 4 unspecified atom stereocenters. The van der Waals surface area contributed by atoms with Gasteiger partial charge < -0.3 is 25.1 Å². The maximum atomic E-state index is 11.9. The molecule has 3 aromatic rings. The Morgan fingerprint density at radius 2 is 1.83 bits per heavy atom. The largest absolute Gasteiger partial charge is 0.485 e. The second-order valence-electron chi connectivity index (χ2n) is 7.28. The summed E-state index contributed by atoms with van der Waals surface area (Å²) >= 11 is 0. The normalized spacial score (nSPS) is 25.8. The Bertz CT molecular complexity index is 1070. The van der Waals surface area contributed by atoms with Crippen LogP contribution in [0.3, 0.4) is 0 Å². The molecule has 0 spiro atoms. The second-order valence-corrected chi connectivity index (χ2v) is 7.28. The molecule has 5 rings (SSSR count). The first-order chi connectivity index (χ1) is 14.1. The minimum atomic E-state index is -0.602. The molecule has 4 atom stereocenters. The predicted octanol–water partition coefficient (Wildman–Crippen LogP) is 1.91. The Morgan fingerprint density at radius 3 is 2.62 bits per heavy atom. The number of primary amides is 1. The molecule has 29 heavy (non-hydrogen) atoms. The van der Waals surface area contributed by atoms with Gasteiger partial charge in [0.25, 0.3) is 0 Å². The smallest absolute Gasteiger partial charge is 0.249 e. The number of hydrogen-bond acceptors (Lipinski definition) is 6. The van der Waals surface area contributed by atoms with Gasteiger partial charge in [0, 0.05) is 10.9 Å². The van der Waals surface area contributed by atoms with Gasteiger partial charge in [-0.05, 0) is 36.4 Å². The SMILES string of the molecule is NC(=O)c1cc(-c2ccc(OC3COC4C(O)COC34)cc2)nc2ccccc12. The van der Waals surface area contributed by atoms with Crippen LogP contribution in [0.5, 0.6) is 5.75 Å². The molecule has 1 amide bonds. The lowest BCUT2D eigenvalue weighted by atomic mass is 10.0. The number of rotatable bonds is 4. The first kappa shape index (κ1) is 18.1. The lowest BCUT2D eigenvalue weighted by molar-refractivity contribution is 0.00863. The molecule has 2 aromatic carbocycles. The first-order valence-electron chi connectivity index (χ1n) is 9.48. The summed E-state index contributed by atoms with van der Waals surface area (Å²) in [6.07, 6.45) is -1.45. The van der Waals surface area contributed by atoms with Crippen LogP contribution in [-0.2, 0) is 9.47 Å². The topological polar surface area (TPSA) is 104 Å². The van der Waals surface area contributed by atoms with Crippen molar-refractivity contribution in [3.8, 4) is 17.0 Å². The van der Waals surface area contributed by atoms with Crippen molar-refractivity contribution in [1.29, 1.82) is 0 Å². The van der Waals surface area contributed by atoms with Crippen LogP contribution in [0.15, 0.2) is 54.6 Å². The fourth-order valence-corrected chi connectivity index (χ4v) is 3.95. The van der Waals surface area contributed by atoms with Crippen molar-refractivity contribution in [1.82, 2.24) is 4.98 Å². The number of para-hydroxylation sites is 1. The molecular formula is C22H20N2O5. The van der Waals surface area contributed by atoms with Crippen LogP contribution in [-0.4, -0.2) is 53.6 Å². The van der Waals surface area contributed by atoms with Gasteiger partial charge in [-0.15, -0.1) is 0 Å². The van der Waals surface area contributed by atoms with Gasteiger partial charge in [-0.1, -0.05) is 18.2 Å². The van der Waals surface area contributed by atoms with Gasteiger partial charge in [0.1, 0.15) is 24.1 Å². The van der Waals surface area contributed by atoms with E-state index < -0.39 is 12.0 Å². The Hall–Kier alpha value is -3.00. The van der Waals surface area contributed by atoms with Crippen LogP contribution < -0.4 is 10.5 Å². The maximum Gasteiger partial charge on any atom is 0.249 e. The zero-order valence-electron chi connectivity index (χ0n) is 15.5. The van der Waals surface area contributed by atoms with Crippen molar-refractivity contribution in [2.75, 3.05) is 13.2 Å². The molecule has 1 aromatic heterocycles. The van der Waals surface area contributed by atoms with E-state index in [0.717, 1.165) is 10.9 Å². The third-order valence-electron chi connectivity index (χ3n) is 5.40. The number of aliphatic hydroxyl groups excluding tert-OH is 1. The minimum Gasteiger partial charge on any atom is -0.485 e. The number of amides is 1. The summed E-state index contributed by atoms with van der Waals surface area (Å²) in [6, 6.07) is 16.6. The van der Waals surface area contributed by atoms with E-state index in [9.17, 15) is 9.90 Å². The Labute approximate surface area is 167 Å². The van der Waals surface area contributed by atoms with Crippen molar-refractivity contribution in [2.45, 2.75) is 24.4 Å². The number of pyridine rings is 1. The van der Waals surface area contributed by atoms with E-state index in [4.69, 9.17) is 19.9 Å². The first-order valence-corrected chi connectivity index (χ1v) is 9.48. The van der Waals surface area contributed by atoms with Gasteiger partial charge >= 0.3 is 0 Å². The van der Waals surface area contributed by atoms with Crippen molar-refractivity contribution >= 4 is 16.8 Å². The standard InChI is InChI=1S/C22H20N2O5/c23-22(26)15-9-17(24-16-4-2-1-3-14(15)16)12-5-7-13(8-6-12)29-19-11-28-20-18(25)10-27-21(19)20/h1-9,18-21,25H,10-11H2,(H2,23,26). The summed E-state index contributed by atoms with van der Waals surface area (Å²) in [5.41, 5.74) is 8.23. The number of aliphatic hydroxyl groups is 1. The van der Waals surface area contributed by atoms with Crippen LogP contribution >= 0.6 is 0 Å². The van der Waals surface area contributed by atoms with E-state index >= 15 is 0 Å². The van der Waals surface area contributed by atoms with Crippen molar-refractivity contribution in [2.24, 2.45) is 5.73 Å². The summed E-state index contributed by atoms with van der Waals surface area (Å²) in [6.45, 7) is 0.645. The van der Waals surface area contributed by atoms with Gasteiger partial charge in [-0.2, -0.15) is 0 Å². The summed E-state index contributed by atoms with van der Waals surface area (Å²) in [7, 11) is 0. The van der Waals surface area contributed by atoms with Crippen LogP contribution in [0.1, 0.15) is 10.4 Å². The number of nitrogens with zero attached hydrogens (tertiary/aromatic N) is 1. The van der Waals surface area contributed by atoms with Gasteiger partial charge in [0.15, 0.2) is 6.10 Å². The van der Waals surface area contributed by atoms with E-state index in [1.165, 1.54) is 0 Å². The number of hydrogen-bond donors (Lipinski definition) is 2. The number of ether oxygens (including phenoxy) is 3. The highest BCUT2D eigenvalue weighted by atomic mass is 16.6. The number of carbonyl (C=O) groups is 1. The number of nitrogens with two attached hydrogens (primary N) is 1. The third-order valence-corrected chi connectivity index (χ3v) is 5.40. The number of fused-ring (bicyclic) bond motifs is 2. The molecule has 2 aliphatic rings. The summed E-state index contributed by atoms with van der Waals surface area (Å²) in [4.78, 5) is 16.5. The fraction of sp³-hybridized carbons (Fsp3) is 0.273. The number of aromatic nitrogens is 1. The van der Waals surface area contributed by atoms with Gasteiger partial charge in [0.2, 0.25) is 5.91 Å². The quantitative estimate of drug-likeness (QED) is 0.703. The molecule has 2 aliphatic heterocycles. The summed E-state index contributed by atoms with van der Waals surface area (Å²) < 4.78 is 17.2. The fourth-order valence-electron chi connectivity index (χ4n) is 3.95. The highest BCUT2D eigenvalue weighted by molar-refractivity contribution is 6.06. The molecule has 2 fully saturated rings. The Balaban J connectivity index is 1.40. The number of benzene rings is 2. The van der Waals surface area contributed by atoms with Crippen molar-refractivity contribution in [3.05, 3.63) is 60.2 Å². The second kappa shape index (κ2) is 7.11. The molecule has 7 heteroatoms. The van der Waals surface area contributed by atoms with E-state index in [1.807, 2.05) is 48.5 Å². The summed E-state index contributed by atoms with van der Waals surface area (Å²) in [5, 5.41) is 10.6. The molecule has 3 heterocycles. The average molecular weight is 392 g/mol. The monoisotopic (exact) mass is 392 g/mol. The van der Waals surface area contributed by atoms with E-state index in [1.54, 1.807) is 6.07 Å². The van der Waals surface area contributed by atoms with Gasteiger partial charge in [0.05, 0.1) is 30.0 Å². The Morgan fingerprint density at radius 1 is 1.07 bits per heavy atom. The lowest BCUT2D eigenvalue weighted by Crippen LogP contribution is -2.34. The van der Waals surface area contributed by atoms with Gasteiger partial charge in [-0.3, -0.25) is 4.79 Å².